The maximum atomic E-state index is 12.0. The van der Waals surface area contributed by atoms with E-state index in [9.17, 15) is 13.2 Å². The van der Waals surface area contributed by atoms with Crippen molar-refractivity contribution in [2.45, 2.75) is 37.8 Å². The number of nitrogens with one attached hydrogen (secondary N) is 1. The third-order valence-corrected chi connectivity index (χ3v) is 3.00. The maximum Gasteiger partial charge on any atom is 0.389 e. The summed E-state index contributed by atoms with van der Waals surface area (Å²) in [5.41, 5.74) is 0. The number of alkyl halides is 3. The standard InChI is InChI=1S/C11H13BrF3N3/c12-8-6-9(16-5-1-4-11(13,14)15)18-10(17-8)7-2-3-7/h6-7H,1-5H2,(H,16,17,18). The number of nitrogens with zero attached hydrogens (tertiary/aromatic N) is 2. The SMILES string of the molecule is FC(F)(F)CCCNc1cc(Br)nc(C2CC2)n1. The number of hydrogen-bond acceptors (Lipinski definition) is 3. The molecule has 1 saturated carbocycles. The molecule has 0 amide bonds. The minimum absolute atomic E-state index is 0.0455. The molecular weight excluding hydrogens is 311 g/mol. The molecule has 2 rings (SSSR count). The molecular formula is C11H13BrF3N3. The fourth-order valence-corrected chi connectivity index (χ4v) is 1.95. The van der Waals surface area contributed by atoms with Crippen LogP contribution in [-0.4, -0.2) is 22.7 Å². The Morgan fingerprint density at radius 2 is 2.06 bits per heavy atom. The Balaban J connectivity index is 1.85. The second-order valence-electron chi connectivity index (χ2n) is 4.35. The van der Waals surface area contributed by atoms with Gasteiger partial charge in [0.15, 0.2) is 0 Å². The van der Waals surface area contributed by atoms with Crippen molar-refractivity contribution in [1.82, 2.24) is 9.97 Å². The molecule has 100 valence electrons. The van der Waals surface area contributed by atoms with Gasteiger partial charge in [-0.2, -0.15) is 13.2 Å². The normalized spacial score (nSPS) is 15.8. The second-order valence-corrected chi connectivity index (χ2v) is 5.17. The Morgan fingerprint density at radius 1 is 1.33 bits per heavy atom. The van der Waals surface area contributed by atoms with Gasteiger partial charge in [0.05, 0.1) is 0 Å². The molecule has 0 unspecified atom stereocenters. The number of aromatic nitrogens is 2. The van der Waals surface area contributed by atoms with Crippen LogP contribution in [0, 0.1) is 0 Å². The first-order valence-electron chi connectivity index (χ1n) is 5.79. The minimum atomic E-state index is -4.09. The number of anilines is 1. The van der Waals surface area contributed by atoms with Crippen molar-refractivity contribution in [2.75, 3.05) is 11.9 Å². The molecule has 1 aliphatic rings. The van der Waals surface area contributed by atoms with Gasteiger partial charge in [0.25, 0.3) is 0 Å². The predicted octanol–water partition coefficient (Wildman–Crippen LogP) is 3.87. The molecule has 0 aliphatic heterocycles. The molecule has 3 nitrogen and oxygen atoms in total. The Hall–Kier alpha value is -0.850. The Kier molecular flexibility index (Phi) is 4.09. The second kappa shape index (κ2) is 5.42. The van der Waals surface area contributed by atoms with Crippen LogP contribution in [0.3, 0.4) is 0 Å². The van der Waals surface area contributed by atoms with Crippen molar-refractivity contribution in [2.24, 2.45) is 0 Å². The molecule has 18 heavy (non-hydrogen) atoms. The van der Waals surface area contributed by atoms with Crippen LogP contribution < -0.4 is 5.32 Å². The van der Waals surface area contributed by atoms with Gasteiger partial charge in [-0.3, -0.25) is 0 Å². The average Bonchev–Trinajstić information content (AvgIpc) is 3.06. The van der Waals surface area contributed by atoms with Crippen LogP contribution in [-0.2, 0) is 0 Å². The van der Waals surface area contributed by atoms with E-state index < -0.39 is 12.6 Å². The van der Waals surface area contributed by atoms with E-state index in [1.807, 2.05) is 0 Å². The Morgan fingerprint density at radius 3 is 2.67 bits per heavy atom. The van der Waals surface area contributed by atoms with Gasteiger partial charge in [-0.25, -0.2) is 9.97 Å². The van der Waals surface area contributed by atoms with E-state index in [4.69, 9.17) is 0 Å². The molecule has 1 fully saturated rings. The van der Waals surface area contributed by atoms with Gasteiger partial charge in [0.2, 0.25) is 0 Å². The third kappa shape index (κ3) is 4.44. The first kappa shape index (κ1) is 13.6. The topological polar surface area (TPSA) is 37.8 Å². The van der Waals surface area contributed by atoms with Crippen molar-refractivity contribution >= 4 is 21.7 Å². The third-order valence-electron chi connectivity index (χ3n) is 2.60. The number of hydrogen-bond donors (Lipinski definition) is 1. The van der Waals surface area contributed by atoms with Crippen molar-refractivity contribution < 1.29 is 13.2 Å². The largest absolute Gasteiger partial charge is 0.389 e. The highest BCUT2D eigenvalue weighted by molar-refractivity contribution is 9.10. The Labute approximate surface area is 111 Å². The van der Waals surface area contributed by atoms with E-state index in [1.165, 1.54) is 0 Å². The van der Waals surface area contributed by atoms with Crippen molar-refractivity contribution in [3.05, 3.63) is 16.5 Å². The van der Waals surface area contributed by atoms with Crippen LogP contribution in [0.2, 0.25) is 0 Å². The summed E-state index contributed by atoms with van der Waals surface area (Å²) >= 11 is 3.28. The smallest absolute Gasteiger partial charge is 0.370 e. The van der Waals surface area contributed by atoms with Gasteiger partial charge in [0, 0.05) is 24.9 Å². The quantitative estimate of drug-likeness (QED) is 0.660. The molecule has 0 radical (unpaired) electrons. The van der Waals surface area contributed by atoms with Crippen molar-refractivity contribution in [1.29, 1.82) is 0 Å². The highest BCUT2D eigenvalue weighted by Crippen LogP contribution is 2.38. The van der Waals surface area contributed by atoms with Gasteiger partial charge >= 0.3 is 6.18 Å². The molecule has 1 aromatic heterocycles. The van der Waals surface area contributed by atoms with Gasteiger partial charge < -0.3 is 5.32 Å². The molecule has 0 aromatic carbocycles. The summed E-state index contributed by atoms with van der Waals surface area (Å²) in [4.78, 5) is 8.55. The minimum Gasteiger partial charge on any atom is -0.370 e. The number of rotatable bonds is 5. The summed E-state index contributed by atoms with van der Waals surface area (Å²) in [6.07, 6.45) is -2.65. The van der Waals surface area contributed by atoms with Crippen LogP contribution in [0.25, 0.3) is 0 Å². The molecule has 0 saturated heterocycles. The lowest BCUT2D eigenvalue weighted by Gasteiger charge is -2.09. The van der Waals surface area contributed by atoms with E-state index in [0.29, 0.717) is 16.3 Å². The summed E-state index contributed by atoms with van der Waals surface area (Å²) in [6, 6.07) is 1.68. The molecule has 1 aliphatic carbocycles. The molecule has 1 aromatic rings. The lowest BCUT2D eigenvalue weighted by atomic mass is 10.3. The fourth-order valence-electron chi connectivity index (χ4n) is 1.56. The zero-order valence-electron chi connectivity index (χ0n) is 9.60. The van der Waals surface area contributed by atoms with Gasteiger partial charge in [-0.1, -0.05) is 0 Å². The first-order chi connectivity index (χ1) is 8.44. The highest BCUT2D eigenvalue weighted by atomic mass is 79.9. The zero-order chi connectivity index (χ0) is 13.2. The molecule has 0 atom stereocenters. The monoisotopic (exact) mass is 323 g/mol. The average molecular weight is 324 g/mol. The first-order valence-corrected chi connectivity index (χ1v) is 6.58. The van der Waals surface area contributed by atoms with Crippen LogP contribution in [0.5, 0.6) is 0 Å². The lowest BCUT2D eigenvalue weighted by molar-refractivity contribution is -0.134. The predicted molar refractivity (Wildman–Crippen MR) is 65.5 cm³/mol. The molecule has 7 heteroatoms. The molecule has 0 spiro atoms. The van der Waals surface area contributed by atoms with Crippen LogP contribution in [0.4, 0.5) is 19.0 Å². The number of halogens is 4. The molecule has 1 heterocycles. The maximum absolute atomic E-state index is 12.0. The van der Waals surface area contributed by atoms with Crippen LogP contribution in [0.1, 0.15) is 37.4 Å². The molecule has 0 bridgehead atoms. The molecule has 1 N–H and O–H groups in total. The van der Waals surface area contributed by atoms with Gasteiger partial charge in [-0.05, 0) is 35.2 Å². The highest BCUT2D eigenvalue weighted by Gasteiger charge is 2.27. The summed E-state index contributed by atoms with van der Waals surface area (Å²) in [6.45, 7) is 0.257. The summed E-state index contributed by atoms with van der Waals surface area (Å²) in [7, 11) is 0. The zero-order valence-corrected chi connectivity index (χ0v) is 11.2. The fraction of sp³-hybridized carbons (Fsp3) is 0.636. The lowest BCUT2D eigenvalue weighted by Crippen LogP contribution is -2.12. The van der Waals surface area contributed by atoms with E-state index in [0.717, 1.165) is 18.7 Å². The van der Waals surface area contributed by atoms with Crippen molar-refractivity contribution in [3.8, 4) is 0 Å². The van der Waals surface area contributed by atoms with Crippen LogP contribution in [0.15, 0.2) is 10.7 Å². The van der Waals surface area contributed by atoms with E-state index in [2.05, 4.69) is 31.2 Å². The summed E-state index contributed by atoms with van der Waals surface area (Å²) in [5.74, 6) is 1.77. The Bertz CT molecular complexity index is 418. The van der Waals surface area contributed by atoms with Gasteiger partial charge in [0.1, 0.15) is 16.2 Å². The summed E-state index contributed by atoms with van der Waals surface area (Å²) in [5, 5.41) is 2.90. The summed E-state index contributed by atoms with van der Waals surface area (Å²) < 4.78 is 36.6. The van der Waals surface area contributed by atoms with Gasteiger partial charge in [-0.15, -0.1) is 0 Å². The van der Waals surface area contributed by atoms with Crippen molar-refractivity contribution in [3.63, 3.8) is 0 Å². The van der Waals surface area contributed by atoms with Crippen LogP contribution >= 0.6 is 15.9 Å². The van der Waals surface area contributed by atoms with E-state index in [1.54, 1.807) is 6.07 Å². The van der Waals surface area contributed by atoms with E-state index in [-0.39, 0.29) is 13.0 Å². The van der Waals surface area contributed by atoms with E-state index >= 15 is 0 Å².